The molecule has 0 N–H and O–H groups in total. The predicted octanol–water partition coefficient (Wildman–Crippen LogP) is 1.32. The highest BCUT2D eigenvalue weighted by atomic mass is 19.1. The Bertz CT molecular complexity index is 235. The molecule has 0 radical (unpaired) electrons. The number of alkyl halides is 1. The van der Waals surface area contributed by atoms with E-state index in [4.69, 9.17) is 0 Å². The minimum atomic E-state index is -1.60. The van der Waals surface area contributed by atoms with Gasteiger partial charge in [0, 0.05) is 12.8 Å². The molecule has 1 fully saturated rings. The summed E-state index contributed by atoms with van der Waals surface area (Å²) < 4.78 is 16.7. The summed E-state index contributed by atoms with van der Waals surface area (Å²) in [5.41, 5.74) is -0.367. The van der Waals surface area contributed by atoms with Crippen LogP contribution in [0.5, 0.6) is 0 Å². The SMILES string of the molecule is CC(F)OC(=O)C1C(C=O)C1(C)C. The molecule has 1 rings (SSSR count). The van der Waals surface area contributed by atoms with Gasteiger partial charge in [-0.25, -0.2) is 4.39 Å². The molecule has 0 aromatic heterocycles. The molecule has 0 spiro atoms. The van der Waals surface area contributed by atoms with E-state index in [0.717, 1.165) is 13.2 Å². The fraction of sp³-hybridized carbons (Fsp3) is 0.778. The summed E-state index contributed by atoms with van der Waals surface area (Å²) >= 11 is 0. The first-order valence-electron chi connectivity index (χ1n) is 4.21. The smallest absolute Gasteiger partial charge is 0.312 e. The second kappa shape index (κ2) is 3.09. The van der Waals surface area contributed by atoms with Crippen LogP contribution in [0.25, 0.3) is 0 Å². The molecular weight excluding hydrogens is 175 g/mol. The number of rotatable bonds is 3. The molecule has 3 nitrogen and oxygen atoms in total. The summed E-state index contributed by atoms with van der Waals surface area (Å²) in [4.78, 5) is 21.7. The second-order valence-corrected chi connectivity index (χ2v) is 3.94. The zero-order chi connectivity index (χ0) is 10.2. The molecule has 0 amide bonds. The van der Waals surface area contributed by atoms with Gasteiger partial charge in [0.05, 0.1) is 5.92 Å². The molecule has 1 aliphatic rings. The molecule has 74 valence electrons. The topological polar surface area (TPSA) is 43.4 Å². The largest absolute Gasteiger partial charge is 0.431 e. The van der Waals surface area contributed by atoms with Crippen molar-refractivity contribution in [3.05, 3.63) is 0 Å². The van der Waals surface area contributed by atoms with Gasteiger partial charge in [0.1, 0.15) is 6.29 Å². The summed E-state index contributed by atoms with van der Waals surface area (Å²) in [6.45, 7) is 4.73. The lowest BCUT2D eigenvalue weighted by Crippen LogP contribution is -2.14. The summed E-state index contributed by atoms with van der Waals surface area (Å²) in [6.07, 6.45) is -0.870. The number of carbonyl (C=O) groups is 2. The van der Waals surface area contributed by atoms with Crippen LogP contribution in [0, 0.1) is 17.3 Å². The van der Waals surface area contributed by atoms with Crippen LogP contribution >= 0.6 is 0 Å². The van der Waals surface area contributed by atoms with Gasteiger partial charge in [0.15, 0.2) is 0 Å². The molecule has 0 aliphatic heterocycles. The highest BCUT2D eigenvalue weighted by Gasteiger charge is 2.63. The highest BCUT2D eigenvalue weighted by Crippen LogP contribution is 2.57. The number of ether oxygens (including phenoxy) is 1. The maximum atomic E-state index is 12.3. The van der Waals surface area contributed by atoms with E-state index in [0.29, 0.717) is 0 Å². The van der Waals surface area contributed by atoms with E-state index in [1.165, 1.54) is 0 Å². The quantitative estimate of drug-likeness (QED) is 0.495. The lowest BCUT2D eigenvalue weighted by Gasteiger charge is -2.05. The van der Waals surface area contributed by atoms with Gasteiger partial charge in [-0.1, -0.05) is 13.8 Å². The van der Waals surface area contributed by atoms with Gasteiger partial charge in [0.2, 0.25) is 6.36 Å². The van der Waals surface area contributed by atoms with Gasteiger partial charge in [-0.05, 0) is 5.41 Å². The maximum absolute atomic E-state index is 12.3. The minimum absolute atomic E-state index is 0.321. The average molecular weight is 188 g/mol. The Morgan fingerprint density at radius 1 is 1.62 bits per heavy atom. The number of aldehydes is 1. The van der Waals surface area contributed by atoms with Gasteiger partial charge in [-0.15, -0.1) is 0 Å². The second-order valence-electron chi connectivity index (χ2n) is 3.94. The number of carbonyl (C=O) groups excluding carboxylic acids is 2. The first-order chi connectivity index (χ1) is 5.91. The van der Waals surface area contributed by atoms with Crippen molar-refractivity contribution in [3.8, 4) is 0 Å². The maximum Gasteiger partial charge on any atom is 0.312 e. The third-order valence-electron chi connectivity index (χ3n) is 2.59. The standard InChI is InChI=1S/C9H13FO3/c1-5(10)13-8(12)7-6(4-11)9(7,2)3/h4-7H,1-3H3. The van der Waals surface area contributed by atoms with Crippen molar-refractivity contribution in [2.75, 3.05) is 0 Å². The molecule has 1 saturated carbocycles. The fourth-order valence-corrected chi connectivity index (χ4v) is 1.62. The van der Waals surface area contributed by atoms with Crippen LogP contribution < -0.4 is 0 Å². The van der Waals surface area contributed by atoms with E-state index < -0.39 is 18.2 Å². The molecule has 3 unspecified atom stereocenters. The Labute approximate surface area is 76.3 Å². The van der Waals surface area contributed by atoms with Crippen LogP contribution in [0.4, 0.5) is 4.39 Å². The van der Waals surface area contributed by atoms with Gasteiger partial charge in [0.25, 0.3) is 0 Å². The molecule has 4 heteroatoms. The number of halogens is 1. The van der Waals surface area contributed by atoms with Gasteiger partial charge < -0.3 is 9.53 Å². The van der Waals surface area contributed by atoms with Crippen molar-refractivity contribution in [2.24, 2.45) is 17.3 Å². The Morgan fingerprint density at radius 2 is 2.15 bits per heavy atom. The fourth-order valence-electron chi connectivity index (χ4n) is 1.62. The van der Waals surface area contributed by atoms with Crippen molar-refractivity contribution >= 4 is 12.3 Å². The molecule has 0 saturated heterocycles. The molecule has 1 aliphatic carbocycles. The molecule has 0 bridgehead atoms. The van der Waals surface area contributed by atoms with Crippen LogP contribution in [0.3, 0.4) is 0 Å². The highest BCUT2D eigenvalue weighted by molar-refractivity contribution is 5.84. The lowest BCUT2D eigenvalue weighted by atomic mass is 10.1. The molecule has 3 atom stereocenters. The average Bonchev–Trinajstić information content (AvgIpc) is 2.51. The Kier molecular flexibility index (Phi) is 2.41. The Hall–Kier alpha value is -0.930. The molecular formula is C9H13FO3. The van der Waals surface area contributed by atoms with Crippen molar-refractivity contribution in [2.45, 2.75) is 27.1 Å². The predicted molar refractivity (Wildman–Crippen MR) is 43.5 cm³/mol. The van der Waals surface area contributed by atoms with Crippen molar-refractivity contribution in [1.82, 2.24) is 0 Å². The van der Waals surface area contributed by atoms with E-state index in [1.54, 1.807) is 13.8 Å². The Balaban J connectivity index is 2.56. The zero-order valence-corrected chi connectivity index (χ0v) is 7.91. The zero-order valence-electron chi connectivity index (χ0n) is 7.91. The van der Waals surface area contributed by atoms with Crippen molar-refractivity contribution in [3.63, 3.8) is 0 Å². The van der Waals surface area contributed by atoms with E-state index in [9.17, 15) is 14.0 Å². The van der Waals surface area contributed by atoms with Gasteiger partial charge in [-0.2, -0.15) is 0 Å². The lowest BCUT2D eigenvalue weighted by molar-refractivity contribution is -0.158. The minimum Gasteiger partial charge on any atom is -0.431 e. The van der Waals surface area contributed by atoms with Gasteiger partial charge >= 0.3 is 5.97 Å². The third kappa shape index (κ3) is 1.71. The van der Waals surface area contributed by atoms with Crippen molar-refractivity contribution < 1.29 is 18.7 Å². The number of esters is 1. The first-order valence-corrected chi connectivity index (χ1v) is 4.21. The van der Waals surface area contributed by atoms with E-state index in [2.05, 4.69) is 4.74 Å². The van der Waals surface area contributed by atoms with E-state index in [1.807, 2.05) is 0 Å². The van der Waals surface area contributed by atoms with E-state index >= 15 is 0 Å². The monoisotopic (exact) mass is 188 g/mol. The van der Waals surface area contributed by atoms with Crippen LogP contribution in [0.2, 0.25) is 0 Å². The van der Waals surface area contributed by atoms with Gasteiger partial charge in [-0.3, -0.25) is 4.79 Å². The molecule has 0 aromatic rings. The van der Waals surface area contributed by atoms with Crippen LogP contribution in [-0.2, 0) is 14.3 Å². The number of hydrogen-bond acceptors (Lipinski definition) is 3. The Morgan fingerprint density at radius 3 is 2.46 bits per heavy atom. The van der Waals surface area contributed by atoms with Crippen LogP contribution in [-0.4, -0.2) is 18.6 Å². The van der Waals surface area contributed by atoms with E-state index in [-0.39, 0.29) is 11.3 Å². The third-order valence-corrected chi connectivity index (χ3v) is 2.59. The first kappa shape index (κ1) is 10.2. The summed E-state index contributed by atoms with van der Waals surface area (Å²) in [6, 6.07) is 0. The van der Waals surface area contributed by atoms with Crippen LogP contribution in [0.15, 0.2) is 0 Å². The molecule has 13 heavy (non-hydrogen) atoms. The summed E-state index contributed by atoms with van der Waals surface area (Å²) in [7, 11) is 0. The van der Waals surface area contributed by atoms with Crippen LogP contribution in [0.1, 0.15) is 20.8 Å². The molecule has 0 heterocycles. The normalized spacial score (nSPS) is 32.0. The van der Waals surface area contributed by atoms with Crippen molar-refractivity contribution in [1.29, 1.82) is 0 Å². The number of hydrogen-bond donors (Lipinski definition) is 0. The summed E-state index contributed by atoms with van der Waals surface area (Å²) in [5.74, 6) is -1.40. The molecule has 0 aromatic carbocycles. The summed E-state index contributed by atoms with van der Waals surface area (Å²) in [5, 5.41) is 0.